The molecule has 1 heterocycles. The second-order valence-electron chi connectivity index (χ2n) is 5.02. The van der Waals surface area contributed by atoms with Gasteiger partial charge in [0, 0.05) is 6.54 Å². The van der Waals surface area contributed by atoms with Gasteiger partial charge in [-0.05, 0) is 24.6 Å². The Morgan fingerprint density at radius 3 is 2.86 bits per heavy atom. The molecule has 22 heavy (non-hydrogen) atoms. The molecular weight excluding hydrogens is 301 g/mol. The monoisotopic (exact) mass is 318 g/mol. The number of amides is 1. The first-order chi connectivity index (χ1) is 10.4. The van der Waals surface area contributed by atoms with E-state index >= 15 is 0 Å². The third kappa shape index (κ3) is 4.60. The van der Waals surface area contributed by atoms with Crippen molar-refractivity contribution in [3.8, 4) is 5.75 Å². The number of hydrogen-bond donors (Lipinski definition) is 3. The van der Waals surface area contributed by atoms with Crippen molar-refractivity contribution in [3.05, 3.63) is 29.8 Å². The number of nitrogens with one attached hydrogen (secondary N) is 2. The Morgan fingerprint density at radius 1 is 1.45 bits per heavy atom. The number of benzene rings is 1. The molecular formula is C14H17F3N2O3. The lowest BCUT2D eigenvalue weighted by atomic mass is 10.2. The number of hydrogen-bond acceptors (Lipinski definition) is 4. The van der Waals surface area contributed by atoms with E-state index in [1.807, 2.05) is 0 Å². The Balaban J connectivity index is 1.74. The van der Waals surface area contributed by atoms with Gasteiger partial charge in [-0.25, -0.2) is 0 Å². The highest BCUT2D eigenvalue weighted by Crippen LogP contribution is 2.31. The molecule has 2 rings (SSSR count). The van der Waals surface area contributed by atoms with Crippen molar-refractivity contribution in [2.45, 2.75) is 24.7 Å². The van der Waals surface area contributed by atoms with Gasteiger partial charge in [-0.1, -0.05) is 6.07 Å². The van der Waals surface area contributed by atoms with Crippen LogP contribution in [0.2, 0.25) is 0 Å². The third-order valence-corrected chi connectivity index (χ3v) is 3.26. The van der Waals surface area contributed by atoms with Gasteiger partial charge in [-0.3, -0.25) is 4.79 Å². The summed E-state index contributed by atoms with van der Waals surface area (Å²) in [7, 11) is 0. The molecule has 8 heteroatoms. The quantitative estimate of drug-likeness (QED) is 0.706. The van der Waals surface area contributed by atoms with Crippen LogP contribution in [0.5, 0.6) is 5.75 Å². The fraction of sp³-hybridized carbons (Fsp3) is 0.500. The first-order valence-electron chi connectivity index (χ1n) is 6.85. The summed E-state index contributed by atoms with van der Waals surface area (Å²) in [6.45, 7) is 0.602. The highest BCUT2D eigenvalue weighted by atomic mass is 19.4. The molecule has 0 saturated carbocycles. The smallest absolute Gasteiger partial charge is 0.416 e. The normalized spacial score (nSPS) is 21.6. The van der Waals surface area contributed by atoms with Gasteiger partial charge < -0.3 is 20.5 Å². The largest absolute Gasteiger partial charge is 0.492 e. The number of β-amino-alcohol motifs (C(OH)–C–C–N with tert-alkyl or cyclic N) is 1. The highest BCUT2D eigenvalue weighted by Gasteiger charge is 2.30. The molecule has 0 unspecified atom stereocenters. The van der Waals surface area contributed by atoms with Crippen LogP contribution in [-0.4, -0.2) is 42.9 Å². The van der Waals surface area contributed by atoms with E-state index in [1.54, 1.807) is 0 Å². The van der Waals surface area contributed by atoms with Crippen molar-refractivity contribution in [2.75, 3.05) is 19.7 Å². The average Bonchev–Trinajstić information content (AvgIpc) is 2.89. The number of rotatable bonds is 5. The molecule has 1 aliphatic rings. The maximum atomic E-state index is 12.5. The van der Waals surface area contributed by atoms with Gasteiger partial charge in [0.05, 0.1) is 24.3 Å². The van der Waals surface area contributed by atoms with Crippen LogP contribution < -0.4 is 15.4 Å². The van der Waals surface area contributed by atoms with Gasteiger partial charge in [0.25, 0.3) is 0 Å². The van der Waals surface area contributed by atoms with Crippen molar-refractivity contribution < 1.29 is 27.8 Å². The molecule has 5 nitrogen and oxygen atoms in total. The topological polar surface area (TPSA) is 70.6 Å². The Labute approximate surface area is 125 Å². The zero-order chi connectivity index (χ0) is 16.2. The van der Waals surface area contributed by atoms with Gasteiger partial charge in [0.15, 0.2) is 0 Å². The van der Waals surface area contributed by atoms with Crippen LogP contribution in [0.25, 0.3) is 0 Å². The number of halogens is 3. The van der Waals surface area contributed by atoms with E-state index in [4.69, 9.17) is 4.74 Å². The average molecular weight is 318 g/mol. The summed E-state index contributed by atoms with van der Waals surface area (Å²) in [6.07, 6.45) is -4.60. The molecule has 3 N–H and O–H groups in total. The summed E-state index contributed by atoms with van der Waals surface area (Å²) in [5.74, 6) is -0.164. The standard InChI is InChI=1S/C14H17F3N2O3/c15-14(16,17)9-2-1-3-11(6-9)22-5-4-18-13(21)12-7-10(20)8-19-12/h1-3,6,10,12,19-20H,4-5,7-8H2,(H,18,21)/t10-,12+/m0/s1. The molecule has 1 aromatic rings. The minimum atomic E-state index is -4.41. The molecule has 1 saturated heterocycles. The van der Waals surface area contributed by atoms with E-state index in [0.29, 0.717) is 13.0 Å². The van der Waals surface area contributed by atoms with Crippen LogP contribution in [0, 0.1) is 0 Å². The predicted octanol–water partition coefficient (Wildman–Crippen LogP) is 0.923. The lowest BCUT2D eigenvalue weighted by Gasteiger charge is -2.12. The molecule has 1 aliphatic heterocycles. The van der Waals surface area contributed by atoms with Crippen LogP contribution in [0.15, 0.2) is 24.3 Å². The number of aliphatic hydroxyl groups is 1. The lowest BCUT2D eigenvalue weighted by molar-refractivity contribution is -0.137. The van der Waals surface area contributed by atoms with E-state index in [0.717, 1.165) is 12.1 Å². The number of alkyl halides is 3. The Hall–Kier alpha value is -1.80. The van der Waals surface area contributed by atoms with Gasteiger partial charge in [0.2, 0.25) is 5.91 Å². The van der Waals surface area contributed by atoms with Crippen LogP contribution >= 0.6 is 0 Å². The van der Waals surface area contributed by atoms with Crippen LogP contribution in [0.3, 0.4) is 0 Å². The molecule has 0 radical (unpaired) electrons. The Bertz CT molecular complexity index is 522. The third-order valence-electron chi connectivity index (χ3n) is 3.26. The number of aliphatic hydroxyl groups excluding tert-OH is 1. The van der Waals surface area contributed by atoms with E-state index in [9.17, 15) is 23.1 Å². The maximum absolute atomic E-state index is 12.5. The van der Waals surface area contributed by atoms with Crippen LogP contribution in [-0.2, 0) is 11.0 Å². The maximum Gasteiger partial charge on any atom is 0.416 e. The second-order valence-corrected chi connectivity index (χ2v) is 5.02. The summed E-state index contributed by atoms with van der Waals surface area (Å²) in [4.78, 5) is 11.7. The number of ether oxygens (including phenoxy) is 1. The first-order valence-corrected chi connectivity index (χ1v) is 6.85. The zero-order valence-corrected chi connectivity index (χ0v) is 11.7. The molecule has 122 valence electrons. The van der Waals surface area contributed by atoms with Crippen LogP contribution in [0.4, 0.5) is 13.2 Å². The summed E-state index contributed by atoms with van der Waals surface area (Å²) in [6, 6.07) is 4.12. The number of carbonyl (C=O) groups excluding carboxylic acids is 1. The van der Waals surface area contributed by atoms with Gasteiger partial charge in [-0.2, -0.15) is 13.2 Å². The summed E-state index contributed by atoms with van der Waals surface area (Å²) >= 11 is 0. The van der Waals surface area contributed by atoms with E-state index in [1.165, 1.54) is 12.1 Å². The van der Waals surface area contributed by atoms with Gasteiger partial charge >= 0.3 is 6.18 Å². The van der Waals surface area contributed by atoms with Gasteiger partial charge in [-0.15, -0.1) is 0 Å². The zero-order valence-electron chi connectivity index (χ0n) is 11.7. The van der Waals surface area contributed by atoms with Crippen LogP contribution in [0.1, 0.15) is 12.0 Å². The molecule has 0 spiro atoms. The SMILES string of the molecule is O=C(NCCOc1cccc(C(F)(F)F)c1)[C@H]1C[C@H](O)CN1. The molecule has 2 atom stereocenters. The lowest BCUT2D eigenvalue weighted by Crippen LogP contribution is -2.41. The van der Waals surface area contributed by atoms with E-state index in [2.05, 4.69) is 10.6 Å². The molecule has 0 bridgehead atoms. The number of carbonyl (C=O) groups is 1. The van der Waals surface area contributed by atoms with E-state index in [-0.39, 0.29) is 24.8 Å². The fourth-order valence-electron chi connectivity index (χ4n) is 2.15. The summed E-state index contributed by atoms with van der Waals surface area (Å²) < 4.78 is 42.8. The van der Waals surface area contributed by atoms with E-state index < -0.39 is 23.9 Å². The Morgan fingerprint density at radius 2 is 2.23 bits per heavy atom. The fourth-order valence-corrected chi connectivity index (χ4v) is 2.15. The first kappa shape index (κ1) is 16.6. The minimum Gasteiger partial charge on any atom is -0.492 e. The van der Waals surface area contributed by atoms with Crippen molar-refractivity contribution in [2.24, 2.45) is 0 Å². The summed E-state index contributed by atoms with van der Waals surface area (Å²) in [5.41, 5.74) is -0.779. The molecule has 0 aliphatic carbocycles. The van der Waals surface area contributed by atoms with Gasteiger partial charge in [0.1, 0.15) is 12.4 Å². The van der Waals surface area contributed by atoms with Crippen molar-refractivity contribution in [3.63, 3.8) is 0 Å². The second kappa shape index (κ2) is 6.97. The molecule has 0 aromatic heterocycles. The molecule has 1 fully saturated rings. The van der Waals surface area contributed by atoms with Crippen molar-refractivity contribution in [1.82, 2.24) is 10.6 Å². The summed E-state index contributed by atoms with van der Waals surface area (Å²) in [5, 5.41) is 14.8. The minimum absolute atomic E-state index is 0.0579. The van der Waals surface area contributed by atoms with Crippen molar-refractivity contribution >= 4 is 5.91 Å². The predicted molar refractivity (Wildman–Crippen MR) is 72.4 cm³/mol. The highest BCUT2D eigenvalue weighted by molar-refractivity contribution is 5.82. The molecule has 1 amide bonds. The Kier molecular flexibility index (Phi) is 5.25. The van der Waals surface area contributed by atoms with Crippen molar-refractivity contribution in [1.29, 1.82) is 0 Å². The molecule has 1 aromatic carbocycles.